The fourth-order valence-corrected chi connectivity index (χ4v) is 2.98. The van der Waals surface area contributed by atoms with Gasteiger partial charge in [-0.2, -0.15) is 0 Å². The molecule has 0 aromatic carbocycles. The number of imide groups is 1. The summed E-state index contributed by atoms with van der Waals surface area (Å²) in [5.74, 6) is -1.72. The van der Waals surface area contributed by atoms with Crippen molar-refractivity contribution < 1.29 is 19.4 Å². The number of aliphatic hydroxyl groups excluding tert-OH is 1. The van der Waals surface area contributed by atoms with Gasteiger partial charge in [0.15, 0.2) is 0 Å². The van der Waals surface area contributed by atoms with E-state index in [1.54, 1.807) is 19.1 Å². The van der Waals surface area contributed by atoms with Crippen LogP contribution >= 0.6 is 0 Å². The molecule has 0 unspecified atom stereocenters. The summed E-state index contributed by atoms with van der Waals surface area (Å²) in [7, 11) is 0. The molecule has 2 amide bonds. The minimum atomic E-state index is -0.990. The van der Waals surface area contributed by atoms with Gasteiger partial charge in [0.1, 0.15) is 5.60 Å². The summed E-state index contributed by atoms with van der Waals surface area (Å²) in [6, 6.07) is 0. The maximum absolute atomic E-state index is 11.6. The molecule has 0 radical (unpaired) electrons. The number of ether oxygens (including phenoxy) is 1. The molecule has 3 aliphatic heterocycles. The van der Waals surface area contributed by atoms with E-state index in [0.29, 0.717) is 0 Å². The van der Waals surface area contributed by atoms with Crippen LogP contribution in [0.15, 0.2) is 12.2 Å². The van der Waals surface area contributed by atoms with Crippen LogP contribution in [0.3, 0.4) is 0 Å². The molecule has 5 nitrogen and oxygen atoms in total. The fraction of sp³-hybridized carbons (Fsp3) is 0.600. The van der Waals surface area contributed by atoms with E-state index in [9.17, 15) is 14.7 Å². The Balaban J connectivity index is 2.16. The molecule has 0 spiro atoms. The molecule has 80 valence electrons. The van der Waals surface area contributed by atoms with Gasteiger partial charge in [-0.3, -0.25) is 14.9 Å². The average molecular weight is 209 g/mol. The molecule has 0 saturated carbocycles. The third-order valence-electron chi connectivity index (χ3n) is 3.64. The van der Waals surface area contributed by atoms with E-state index in [0.717, 1.165) is 0 Å². The molecule has 4 atom stereocenters. The molecule has 3 heterocycles. The molecule has 3 aliphatic rings. The Morgan fingerprint density at radius 2 is 2.07 bits per heavy atom. The molecule has 0 aliphatic carbocycles. The number of hydrogen-bond acceptors (Lipinski definition) is 4. The molecule has 5 heteroatoms. The van der Waals surface area contributed by atoms with Crippen molar-refractivity contribution in [2.45, 2.75) is 18.1 Å². The Labute approximate surface area is 86.1 Å². The first-order chi connectivity index (χ1) is 7.02. The van der Waals surface area contributed by atoms with Gasteiger partial charge in [-0.25, -0.2) is 0 Å². The van der Waals surface area contributed by atoms with Crippen LogP contribution in [0.5, 0.6) is 0 Å². The van der Waals surface area contributed by atoms with Gasteiger partial charge in [-0.05, 0) is 6.92 Å². The third-order valence-corrected chi connectivity index (χ3v) is 3.64. The molecule has 0 aromatic heterocycles. The summed E-state index contributed by atoms with van der Waals surface area (Å²) in [6.45, 7) is 1.49. The van der Waals surface area contributed by atoms with E-state index >= 15 is 0 Å². The van der Waals surface area contributed by atoms with Crippen LogP contribution in [-0.4, -0.2) is 34.7 Å². The second-order valence-corrected chi connectivity index (χ2v) is 4.54. The number of nitrogens with one attached hydrogen (secondary N) is 1. The van der Waals surface area contributed by atoms with Gasteiger partial charge in [0, 0.05) is 0 Å². The molecule has 2 N–H and O–H groups in total. The summed E-state index contributed by atoms with van der Waals surface area (Å²) in [5, 5.41) is 11.6. The van der Waals surface area contributed by atoms with Crippen LogP contribution in [0.25, 0.3) is 0 Å². The number of aliphatic hydroxyl groups is 1. The highest BCUT2D eigenvalue weighted by molar-refractivity contribution is 6.07. The van der Waals surface area contributed by atoms with Gasteiger partial charge in [0.25, 0.3) is 0 Å². The monoisotopic (exact) mass is 209 g/mol. The van der Waals surface area contributed by atoms with Gasteiger partial charge in [0.2, 0.25) is 11.8 Å². The van der Waals surface area contributed by atoms with E-state index in [2.05, 4.69) is 5.32 Å². The predicted octanol–water partition coefficient (Wildman–Crippen LogP) is -1.03. The first-order valence-electron chi connectivity index (χ1n) is 4.88. The Morgan fingerprint density at radius 1 is 1.40 bits per heavy atom. The van der Waals surface area contributed by atoms with E-state index in [1.165, 1.54) is 0 Å². The normalized spacial score (nSPS) is 51.1. The summed E-state index contributed by atoms with van der Waals surface area (Å²) in [4.78, 5) is 23.2. The minimum absolute atomic E-state index is 0.277. The quantitative estimate of drug-likeness (QED) is 0.427. The Bertz CT molecular complexity index is 404. The second kappa shape index (κ2) is 2.31. The molecule has 2 saturated heterocycles. The van der Waals surface area contributed by atoms with Crippen molar-refractivity contribution in [3.63, 3.8) is 0 Å². The van der Waals surface area contributed by atoms with E-state index in [-0.39, 0.29) is 18.4 Å². The second-order valence-electron chi connectivity index (χ2n) is 4.54. The van der Waals surface area contributed by atoms with E-state index < -0.39 is 23.0 Å². The molecule has 0 aromatic rings. The molecular weight excluding hydrogens is 198 g/mol. The smallest absolute Gasteiger partial charge is 0.233 e. The Kier molecular flexibility index (Phi) is 1.39. The van der Waals surface area contributed by atoms with Gasteiger partial charge in [0.05, 0.1) is 24.0 Å². The van der Waals surface area contributed by atoms with E-state index in [1.807, 2.05) is 0 Å². The lowest BCUT2D eigenvalue weighted by atomic mass is 9.73. The van der Waals surface area contributed by atoms with Gasteiger partial charge < -0.3 is 9.84 Å². The lowest BCUT2D eigenvalue weighted by Crippen LogP contribution is -2.42. The van der Waals surface area contributed by atoms with Gasteiger partial charge in [-0.1, -0.05) is 12.2 Å². The van der Waals surface area contributed by atoms with Crippen molar-refractivity contribution in [1.29, 1.82) is 0 Å². The summed E-state index contributed by atoms with van der Waals surface area (Å²) >= 11 is 0. The zero-order valence-corrected chi connectivity index (χ0v) is 8.19. The third kappa shape index (κ3) is 0.815. The van der Waals surface area contributed by atoms with Crippen LogP contribution < -0.4 is 5.32 Å². The van der Waals surface area contributed by atoms with Crippen molar-refractivity contribution in [3.05, 3.63) is 12.2 Å². The number of carbonyl (C=O) groups is 2. The van der Waals surface area contributed by atoms with Gasteiger partial charge in [-0.15, -0.1) is 0 Å². The Morgan fingerprint density at radius 3 is 2.73 bits per heavy atom. The SMILES string of the molecule is C[C@]12C=C[C@](CO)(O1)[C@H]1C(=O)NC(=O)[C@@H]12. The molecule has 2 fully saturated rings. The first kappa shape index (κ1) is 9.06. The summed E-state index contributed by atoms with van der Waals surface area (Å²) in [6.07, 6.45) is 3.47. The molecule has 2 bridgehead atoms. The first-order valence-corrected chi connectivity index (χ1v) is 4.88. The number of rotatable bonds is 1. The number of amides is 2. The van der Waals surface area contributed by atoms with Crippen molar-refractivity contribution in [2.75, 3.05) is 6.61 Å². The van der Waals surface area contributed by atoms with Crippen molar-refractivity contribution >= 4 is 11.8 Å². The zero-order valence-electron chi connectivity index (χ0n) is 8.19. The van der Waals surface area contributed by atoms with Crippen molar-refractivity contribution in [3.8, 4) is 0 Å². The standard InChI is InChI=1S/C10H11NO4/c1-9-2-3-10(4-12,15-9)6-5(9)7(13)11-8(6)14/h2-3,5-6,12H,4H2,1H3,(H,11,13,14)/t5-,6-,9-,10-/m1/s1. The predicted molar refractivity (Wildman–Crippen MR) is 48.6 cm³/mol. The lowest BCUT2D eigenvalue weighted by Gasteiger charge is -2.24. The zero-order chi connectivity index (χ0) is 10.8. The topological polar surface area (TPSA) is 75.6 Å². The summed E-state index contributed by atoms with van der Waals surface area (Å²) in [5.41, 5.74) is -1.74. The van der Waals surface area contributed by atoms with Gasteiger partial charge >= 0.3 is 0 Å². The van der Waals surface area contributed by atoms with Crippen molar-refractivity contribution in [1.82, 2.24) is 5.32 Å². The average Bonchev–Trinajstić information content (AvgIpc) is 2.75. The van der Waals surface area contributed by atoms with Crippen LogP contribution in [0.4, 0.5) is 0 Å². The van der Waals surface area contributed by atoms with Crippen molar-refractivity contribution in [2.24, 2.45) is 11.8 Å². The maximum atomic E-state index is 11.6. The molecular formula is C10H11NO4. The highest BCUT2D eigenvalue weighted by Crippen LogP contribution is 2.55. The van der Waals surface area contributed by atoms with E-state index in [4.69, 9.17) is 4.74 Å². The minimum Gasteiger partial charge on any atom is -0.393 e. The number of hydrogen-bond donors (Lipinski definition) is 2. The number of fused-ring (bicyclic) bond motifs is 5. The Hall–Kier alpha value is -1.20. The fourth-order valence-electron chi connectivity index (χ4n) is 2.98. The van der Waals surface area contributed by atoms with Crippen LogP contribution in [0, 0.1) is 11.8 Å². The summed E-state index contributed by atoms with van der Waals surface area (Å²) < 4.78 is 5.66. The maximum Gasteiger partial charge on any atom is 0.233 e. The van der Waals surface area contributed by atoms with Crippen LogP contribution in [0.1, 0.15) is 6.92 Å². The lowest BCUT2D eigenvalue weighted by molar-refractivity contribution is -0.134. The van der Waals surface area contributed by atoms with Crippen LogP contribution in [-0.2, 0) is 14.3 Å². The largest absolute Gasteiger partial charge is 0.393 e. The molecule has 3 rings (SSSR count). The van der Waals surface area contributed by atoms with Crippen LogP contribution in [0.2, 0.25) is 0 Å². The highest BCUT2D eigenvalue weighted by atomic mass is 16.5. The highest BCUT2D eigenvalue weighted by Gasteiger charge is 2.69. The number of carbonyl (C=O) groups excluding carboxylic acids is 2. The molecule has 15 heavy (non-hydrogen) atoms.